The molecule has 0 aliphatic carbocycles. The van der Waals surface area contributed by atoms with Crippen molar-refractivity contribution in [1.82, 2.24) is 14.9 Å². The summed E-state index contributed by atoms with van der Waals surface area (Å²) in [6, 6.07) is 6.08. The first-order chi connectivity index (χ1) is 12.1. The van der Waals surface area contributed by atoms with Crippen molar-refractivity contribution < 1.29 is 17.9 Å². The lowest BCUT2D eigenvalue weighted by molar-refractivity contribution is 0.0929. The lowest BCUT2D eigenvalue weighted by Gasteiger charge is -2.28. The molecule has 1 atom stereocenters. The smallest absolute Gasteiger partial charge is 0.251 e. The molecular weight excluding hydrogens is 354 g/mol. The van der Waals surface area contributed by atoms with Gasteiger partial charge >= 0.3 is 0 Å². The molecule has 1 fully saturated rings. The number of nitrogens with one attached hydrogen (secondary N) is 2. The summed E-state index contributed by atoms with van der Waals surface area (Å²) in [5.74, 6) is -0.287. The zero-order valence-corrected chi connectivity index (χ0v) is 16.7. The van der Waals surface area contributed by atoms with E-state index in [1.54, 1.807) is 12.1 Å². The van der Waals surface area contributed by atoms with Crippen LogP contribution in [-0.4, -0.2) is 65.7 Å². The summed E-state index contributed by atoms with van der Waals surface area (Å²) < 4.78 is 33.1. The summed E-state index contributed by atoms with van der Waals surface area (Å²) in [5.41, 5.74) is 0.112. The van der Waals surface area contributed by atoms with Gasteiger partial charge in [0.1, 0.15) is 0 Å². The Morgan fingerprint density at radius 1 is 1.35 bits per heavy atom. The molecule has 2 N–H and O–H groups in total. The number of benzene rings is 1. The second kappa shape index (κ2) is 8.47. The van der Waals surface area contributed by atoms with E-state index in [-0.39, 0.29) is 22.3 Å². The summed E-state index contributed by atoms with van der Waals surface area (Å²) in [4.78, 5) is 14.4. The Bertz CT molecular complexity index is 726. The van der Waals surface area contributed by atoms with Crippen LogP contribution in [0.3, 0.4) is 0 Å². The summed E-state index contributed by atoms with van der Waals surface area (Å²) in [6.07, 6.45) is 0.770. The van der Waals surface area contributed by atoms with Crippen LogP contribution >= 0.6 is 0 Å². The maximum absolute atomic E-state index is 12.6. The van der Waals surface area contributed by atoms with Crippen molar-refractivity contribution in [2.24, 2.45) is 5.41 Å². The molecule has 0 spiro atoms. The Balaban J connectivity index is 2.06. The fourth-order valence-corrected chi connectivity index (χ4v) is 4.29. The molecule has 1 aromatic rings. The molecule has 0 aromatic heterocycles. The molecule has 146 valence electrons. The van der Waals surface area contributed by atoms with Crippen molar-refractivity contribution >= 4 is 15.9 Å². The predicted molar refractivity (Wildman–Crippen MR) is 101 cm³/mol. The lowest BCUT2D eigenvalue weighted by atomic mass is 9.93. The van der Waals surface area contributed by atoms with Crippen molar-refractivity contribution in [3.8, 4) is 0 Å². The van der Waals surface area contributed by atoms with Crippen molar-refractivity contribution in [1.29, 1.82) is 0 Å². The molecule has 0 radical (unpaired) electrons. The Hall–Kier alpha value is -1.48. The molecule has 1 heterocycles. The van der Waals surface area contributed by atoms with E-state index >= 15 is 0 Å². The van der Waals surface area contributed by atoms with Gasteiger partial charge in [0, 0.05) is 25.3 Å². The van der Waals surface area contributed by atoms with E-state index in [2.05, 4.69) is 10.0 Å². The third-order valence-electron chi connectivity index (χ3n) is 4.16. The van der Waals surface area contributed by atoms with Crippen LogP contribution in [0, 0.1) is 5.41 Å². The van der Waals surface area contributed by atoms with Crippen molar-refractivity contribution in [3.63, 3.8) is 0 Å². The second-order valence-corrected chi connectivity index (χ2v) is 9.56. The fraction of sp³-hybridized carbons (Fsp3) is 0.611. The van der Waals surface area contributed by atoms with Crippen LogP contribution in [0.25, 0.3) is 0 Å². The number of carbonyl (C=O) groups is 1. The van der Waals surface area contributed by atoms with Gasteiger partial charge in [-0.05, 0) is 44.1 Å². The first-order valence-electron chi connectivity index (χ1n) is 8.72. The van der Waals surface area contributed by atoms with Crippen LogP contribution < -0.4 is 10.0 Å². The average molecular weight is 384 g/mol. The van der Waals surface area contributed by atoms with E-state index in [4.69, 9.17) is 4.74 Å². The number of ether oxygens (including phenoxy) is 1. The van der Waals surface area contributed by atoms with Gasteiger partial charge in [0.05, 0.1) is 17.5 Å². The largest absolute Gasteiger partial charge is 0.379 e. The van der Waals surface area contributed by atoms with Crippen molar-refractivity contribution in [2.45, 2.75) is 31.2 Å². The molecule has 7 nitrogen and oxygen atoms in total. The summed E-state index contributed by atoms with van der Waals surface area (Å²) in [6.45, 7) is 6.19. The highest BCUT2D eigenvalue weighted by Gasteiger charge is 2.24. The van der Waals surface area contributed by atoms with Gasteiger partial charge in [-0.1, -0.05) is 19.9 Å². The fourth-order valence-electron chi connectivity index (χ4n) is 3.01. The van der Waals surface area contributed by atoms with Gasteiger partial charge in [-0.25, -0.2) is 13.1 Å². The highest BCUT2D eigenvalue weighted by Crippen LogP contribution is 2.17. The molecule has 2 rings (SSSR count). The minimum atomic E-state index is -3.69. The SMILES string of the molecule is CN(C)CC(C)(C)CNS(=O)(=O)c1cccc(C(=O)N[C@@H]2CCOC2)c1. The summed E-state index contributed by atoms with van der Waals surface area (Å²) in [7, 11) is 0.218. The lowest BCUT2D eigenvalue weighted by Crippen LogP contribution is -2.40. The van der Waals surface area contributed by atoms with Gasteiger partial charge < -0.3 is 15.0 Å². The number of sulfonamides is 1. The zero-order chi connectivity index (χ0) is 19.4. The molecule has 1 amide bonds. The Morgan fingerprint density at radius 3 is 2.69 bits per heavy atom. The highest BCUT2D eigenvalue weighted by molar-refractivity contribution is 7.89. The number of nitrogens with zero attached hydrogens (tertiary/aromatic N) is 1. The Morgan fingerprint density at radius 2 is 2.08 bits per heavy atom. The second-order valence-electron chi connectivity index (χ2n) is 7.79. The first kappa shape index (κ1) is 20.8. The molecular formula is C18H29N3O4S. The van der Waals surface area contributed by atoms with Crippen LogP contribution in [0.1, 0.15) is 30.6 Å². The van der Waals surface area contributed by atoms with Crippen LogP contribution in [0.4, 0.5) is 0 Å². The third kappa shape index (κ3) is 6.05. The van der Waals surface area contributed by atoms with Gasteiger partial charge in [-0.2, -0.15) is 0 Å². The minimum absolute atomic E-state index is 0.0206. The molecule has 0 bridgehead atoms. The predicted octanol–water partition coefficient (Wildman–Crippen LogP) is 1.07. The number of hydrogen-bond donors (Lipinski definition) is 2. The van der Waals surface area contributed by atoms with Gasteiger partial charge in [0.2, 0.25) is 10.0 Å². The molecule has 26 heavy (non-hydrogen) atoms. The molecule has 1 aliphatic heterocycles. The van der Waals surface area contributed by atoms with Gasteiger partial charge in [0.25, 0.3) is 5.91 Å². The molecule has 0 saturated carbocycles. The normalized spacial score (nSPS) is 18.3. The third-order valence-corrected chi connectivity index (χ3v) is 5.56. The maximum Gasteiger partial charge on any atom is 0.251 e. The monoisotopic (exact) mass is 383 g/mol. The van der Waals surface area contributed by atoms with Crippen molar-refractivity contribution in [2.75, 3.05) is 40.4 Å². The van der Waals surface area contributed by atoms with E-state index in [0.717, 1.165) is 13.0 Å². The molecule has 1 aromatic carbocycles. The van der Waals surface area contributed by atoms with E-state index < -0.39 is 10.0 Å². The number of rotatable bonds is 8. The number of amides is 1. The van der Waals surface area contributed by atoms with E-state index in [0.29, 0.717) is 25.3 Å². The van der Waals surface area contributed by atoms with Crippen LogP contribution in [-0.2, 0) is 14.8 Å². The summed E-state index contributed by atoms with van der Waals surface area (Å²) >= 11 is 0. The van der Waals surface area contributed by atoms with Gasteiger partial charge in [0.15, 0.2) is 0 Å². The zero-order valence-electron chi connectivity index (χ0n) is 15.9. The molecule has 1 saturated heterocycles. The standard InChI is InChI=1S/C18H29N3O4S/c1-18(2,13-21(3)4)12-19-26(23,24)16-7-5-6-14(10-16)17(22)20-15-8-9-25-11-15/h5-7,10,15,19H,8-9,11-13H2,1-4H3,(H,20,22)/t15-/m1/s1. The first-order valence-corrected chi connectivity index (χ1v) is 10.2. The Labute approximate surface area is 156 Å². The molecule has 1 aliphatic rings. The average Bonchev–Trinajstić information content (AvgIpc) is 3.05. The highest BCUT2D eigenvalue weighted by atomic mass is 32.2. The molecule has 0 unspecified atom stereocenters. The van der Waals surface area contributed by atoms with E-state index in [1.165, 1.54) is 12.1 Å². The van der Waals surface area contributed by atoms with Gasteiger partial charge in [-0.15, -0.1) is 0 Å². The van der Waals surface area contributed by atoms with Crippen LogP contribution in [0.15, 0.2) is 29.2 Å². The maximum atomic E-state index is 12.6. The summed E-state index contributed by atoms with van der Waals surface area (Å²) in [5, 5.41) is 2.87. The van der Waals surface area contributed by atoms with Gasteiger partial charge in [-0.3, -0.25) is 4.79 Å². The van der Waals surface area contributed by atoms with Crippen LogP contribution in [0.2, 0.25) is 0 Å². The topological polar surface area (TPSA) is 87.7 Å². The van der Waals surface area contributed by atoms with Crippen molar-refractivity contribution in [3.05, 3.63) is 29.8 Å². The number of hydrogen-bond acceptors (Lipinski definition) is 5. The van der Waals surface area contributed by atoms with E-state index in [1.807, 2.05) is 32.8 Å². The van der Waals surface area contributed by atoms with E-state index in [9.17, 15) is 13.2 Å². The minimum Gasteiger partial charge on any atom is -0.379 e. The molecule has 8 heteroatoms. The van der Waals surface area contributed by atoms with Crippen LogP contribution in [0.5, 0.6) is 0 Å². The Kier molecular flexibility index (Phi) is 6.79. The quantitative estimate of drug-likeness (QED) is 0.701. The number of carbonyl (C=O) groups excluding carboxylic acids is 1.